The summed E-state index contributed by atoms with van der Waals surface area (Å²) in [6.45, 7) is 8.36. The number of aryl methyl sites for hydroxylation is 1. The van der Waals surface area contributed by atoms with E-state index in [-0.39, 0.29) is 24.0 Å². The summed E-state index contributed by atoms with van der Waals surface area (Å²) < 4.78 is 12.7. The third-order valence-electron chi connectivity index (χ3n) is 5.87. The lowest BCUT2D eigenvalue weighted by Crippen LogP contribution is -2.44. The number of hydrogen-bond donors (Lipinski definition) is 2. The maximum Gasteiger partial charge on any atom is 0.192 e. The fourth-order valence-corrected chi connectivity index (χ4v) is 3.85. The first-order valence-electron chi connectivity index (χ1n) is 10.9. The van der Waals surface area contributed by atoms with Crippen molar-refractivity contribution in [2.75, 3.05) is 33.9 Å². The number of aliphatic imine (C=N–C) groups is 1. The Morgan fingerprint density at radius 1 is 1.19 bits per heavy atom. The van der Waals surface area contributed by atoms with Crippen LogP contribution in [0.4, 0.5) is 0 Å². The zero-order valence-electron chi connectivity index (χ0n) is 19.7. The highest BCUT2D eigenvalue weighted by Gasteiger charge is 2.22. The molecule has 32 heavy (non-hydrogen) atoms. The lowest BCUT2D eigenvalue weighted by molar-refractivity contribution is 0.267. The van der Waals surface area contributed by atoms with E-state index in [9.17, 15) is 0 Å². The van der Waals surface area contributed by atoms with Crippen molar-refractivity contribution in [3.8, 4) is 11.5 Å². The number of methoxy groups -OCH3 is 2. The predicted molar refractivity (Wildman–Crippen MR) is 137 cm³/mol. The molecular weight excluding hydrogens is 521 g/mol. The van der Waals surface area contributed by atoms with Crippen LogP contribution in [0.1, 0.15) is 37.0 Å². The lowest BCUT2D eigenvalue weighted by atomic mass is 10.2. The molecule has 0 spiro atoms. The number of aromatic nitrogens is 3. The van der Waals surface area contributed by atoms with Crippen LogP contribution in [0.3, 0.4) is 0 Å². The van der Waals surface area contributed by atoms with Crippen LogP contribution in [-0.4, -0.2) is 65.5 Å². The Hall–Kier alpha value is -2.08. The number of likely N-dealkylation sites (N-methyl/N-ethyl adjacent to an activating group) is 1. The molecule has 1 aliphatic rings. The molecule has 2 heterocycles. The average Bonchev–Trinajstić information content (AvgIpc) is 3.39. The van der Waals surface area contributed by atoms with Crippen LogP contribution in [0.25, 0.3) is 0 Å². The average molecular weight is 557 g/mol. The highest BCUT2D eigenvalue weighted by atomic mass is 127. The summed E-state index contributed by atoms with van der Waals surface area (Å²) >= 11 is 0. The Balaban J connectivity index is 0.00000363. The molecule has 0 aliphatic carbocycles. The van der Waals surface area contributed by atoms with Gasteiger partial charge in [-0.1, -0.05) is 13.0 Å². The number of ether oxygens (including phenoxy) is 2. The Morgan fingerprint density at radius 3 is 2.62 bits per heavy atom. The number of rotatable bonds is 9. The molecule has 1 aromatic carbocycles. The molecule has 0 radical (unpaired) electrons. The summed E-state index contributed by atoms with van der Waals surface area (Å²) in [5.41, 5.74) is 1.05. The fourth-order valence-electron chi connectivity index (χ4n) is 3.85. The van der Waals surface area contributed by atoms with Crippen LogP contribution in [0.15, 0.2) is 23.2 Å². The number of benzene rings is 1. The molecule has 1 aromatic heterocycles. The number of guanidine groups is 1. The molecular formula is C22H36IN7O2. The van der Waals surface area contributed by atoms with E-state index in [1.165, 1.54) is 19.4 Å². The monoisotopic (exact) mass is 557 g/mol. The highest BCUT2D eigenvalue weighted by Crippen LogP contribution is 2.27. The van der Waals surface area contributed by atoms with Gasteiger partial charge in [-0.3, -0.25) is 4.90 Å². The normalized spacial score (nSPS) is 16.5. The second kappa shape index (κ2) is 12.8. The molecule has 178 valence electrons. The minimum Gasteiger partial charge on any atom is -0.493 e. The first-order chi connectivity index (χ1) is 15.0. The molecule has 1 atom stereocenters. The zero-order chi connectivity index (χ0) is 22.2. The summed E-state index contributed by atoms with van der Waals surface area (Å²) in [7, 11) is 5.25. The number of nitrogens with one attached hydrogen (secondary N) is 2. The number of nitrogens with zero attached hydrogens (tertiary/aromatic N) is 5. The van der Waals surface area contributed by atoms with E-state index in [1.54, 1.807) is 14.2 Å². The van der Waals surface area contributed by atoms with Gasteiger partial charge in [-0.15, -0.1) is 34.2 Å². The Morgan fingerprint density at radius 2 is 1.97 bits per heavy atom. The van der Waals surface area contributed by atoms with Gasteiger partial charge in [-0.05, 0) is 50.6 Å². The maximum absolute atomic E-state index is 5.42. The molecule has 1 fully saturated rings. The summed E-state index contributed by atoms with van der Waals surface area (Å²) in [5.74, 6) is 3.94. The van der Waals surface area contributed by atoms with Crippen molar-refractivity contribution in [3.63, 3.8) is 0 Å². The van der Waals surface area contributed by atoms with Crippen LogP contribution >= 0.6 is 24.0 Å². The Kier molecular flexibility index (Phi) is 10.5. The van der Waals surface area contributed by atoms with E-state index >= 15 is 0 Å². The van der Waals surface area contributed by atoms with Crippen LogP contribution < -0.4 is 20.1 Å². The summed E-state index contributed by atoms with van der Waals surface area (Å²) in [4.78, 5) is 7.33. The van der Waals surface area contributed by atoms with Crippen LogP contribution in [0.2, 0.25) is 0 Å². The molecule has 2 N–H and O–H groups in total. The molecule has 2 aromatic rings. The molecule has 0 amide bonds. The van der Waals surface area contributed by atoms with Crippen LogP contribution in [0, 0.1) is 6.92 Å². The van der Waals surface area contributed by atoms with Gasteiger partial charge in [0.25, 0.3) is 0 Å². The van der Waals surface area contributed by atoms with Gasteiger partial charge in [0.2, 0.25) is 0 Å². The third kappa shape index (κ3) is 6.71. The van der Waals surface area contributed by atoms with Gasteiger partial charge in [0.05, 0.1) is 27.3 Å². The number of likely N-dealkylation sites (tertiary alicyclic amines) is 1. The van der Waals surface area contributed by atoms with E-state index in [1.807, 2.05) is 36.7 Å². The molecule has 1 unspecified atom stereocenters. The van der Waals surface area contributed by atoms with Gasteiger partial charge in [-0.25, -0.2) is 4.99 Å². The van der Waals surface area contributed by atoms with Gasteiger partial charge >= 0.3 is 0 Å². The molecule has 3 rings (SSSR count). The number of halogens is 1. The molecule has 1 saturated heterocycles. The fraction of sp³-hybridized carbons (Fsp3) is 0.591. The first-order valence-corrected chi connectivity index (χ1v) is 10.9. The first kappa shape index (κ1) is 26.2. The Bertz CT molecular complexity index is 887. The van der Waals surface area contributed by atoms with Crippen molar-refractivity contribution in [1.82, 2.24) is 30.3 Å². The van der Waals surface area contributed by atoms with Crippen molar-refractivity contribution in [2.24, 2.45) is 12.0 Å². The van der Waals surface area contributed by atoms with Gasteiger partial charge in [0.1, 0.15) is 5.82 Å². The molecule has 0 bridgehead atoms. The molecule has 10 heteroatoms. The van der Waals surface area contributed by atoms with Gasteiger partial charge in [0.15, 0.2) is 23.3 Å². The Labute approximate surface area is 208 Å². The van der Waals surface area contributed by atoms with E-state index in [0.717, 1.165) is 36.3 Å². The maximum atomic E-state index is 5.42. The quantitative estimate of drug-likeness (QED) is 0.278. The van der Waals surface area contributed by atoms with Crippen molar-refractivity contribution in [3.05, 3.63) is 35.4 Å². The van der Waals surface area contributed by atoms with Crippen molar-refractivity contribution < 1.29 is 9.47 Å². The molecule has 0 saturated carbocycles. The highest BCUT2D eigenvalue weighted by molar-refractivity contribution is 14.0. The van der Waals surface area contributed by atoms with E-state index in [2.05, 4.69) is 32.7 Å². The standard InChI is InChI=1S/C22H35N7O2.HI/c1-6-29-11-7-8-18(29)14-24-22(25-15-21-27-26-16(2)28(21)3)23-13-17-9-10-19(30-4)20(12-17)31-5;/h9-10,12,18H,6-8,11,13-15H2,1-5H3,(H2,23,24,25);1H. The predicted octanol–water partition coefficient (Wildman–Crippen LogP) is 2.48. The largest absolute Gasteiger partial charge is 0.493 e. The van der Waals surface area contributed by atoms with E-state index in [4.69, 9.17) is 14.5 Å². The summed E-state index contributed by atoms with van der Waals surface area (Å²) in [5, 5.41) is 15.3. The summed E-state index contributed by atoms with van der Waals surface area (Å²) in [6, 6.07) is 6.41. The van der Waals surface area contributed by atoms with Crippen LogP contribution in [-0.2, 0) is 20.1 Å². The zero-order valence-corrected chi connectivity index (χ0v) is 22.1. The van der Waals surface area contributed by atoms with E-state index in [0.29, 0.717) is 30.6 Å². The van der Waals surface area contributed by atoms with Gasteiger partial charge in [0, 0.05) is 19.6 Å². The summed E-state index contributed by atoms with van der Waals surface area (Å²) in [6.07, 6.45) is 2.47. The van der Waals surface area contributed by atoms with Crippen LogP contribution in [0.5, 0.6) is 11.5 Å². The smallest absolute Gasteiger partial charge is 0.192 e. The third-order valence-corrected chi connectivity index (χ3v) is 5.87. The second-order valence-corrected chi connectivity index (χ2v) is 7.74. The second-order valence-electron chi connectivity index (χ2n) is 7.74. The van der Waals surface area contributed by atoms with E-state index < -0.39 is 0 Å². The topological polar surface area (TPSA) is 88.8 Å². The van der Waals surface area contributed by atoms with Crippen molar-refractivity contribution in [2.45, 2.75) is 45.8 Å². The SMILES string of the molecule is CCN1CCCC1CNC(=NCc1ccc(OC)c(OC)c1)NCc1nnc(C)n1C.I. The molecule has 9 nitrogen and oxygen atoms in total. The minimum absolute atomic E-state index is 0. The van der Waals surface area contributed by atoms with Crippen molar-refractivity contribution >= 4 is 29.9 Å². The lowest BCUT2D eigenvalue weighted by Gasteiger charge is -2.24. The minimum atomic E-state index is 0. The number of hydrogen-bond acceptors (Lipinski definition) is 6. The molecule has 1 aliphatic heterocycles. The van der Waals surface area contributed by atoms with Crippen molar-refractivity contribution in [1.29, 1.82) is 0 Å². The van der Waals surface area contributed by atoms with Gasteiger partial charge < -0.3 is 24.7 Å². The van der Waals surface area contributed by atoms with Gasteiger partial charge in [-0.2, -0.15) is 0 Å².